The van der Waals surface area contributed by atoms with Gasteiger partial charge in [-0.15, -0.1) is 5.10 Å². The Hall–Kier alpha value is -3.05. The van der Waals surface area contributed by atoms with Crippen molar-refractivity contribution in [3.05, 3.63) is 24.2 Å². The van der Waals surface area contributed by atoms with Crippen molar-refractivity contribution in [3.8, 4) is 17.1 Å². The molecule has 1 saturated heterocycles. The summed E-state index contributed by atoms with van der Waals surface area (Å²) in [4.78, 5) is 9.42. The van der Waals surface area contributed by atoms with Crippen LogP contribution in [0.3, 0.4) is 0 Å². The van der Waals surface area contributed by atoms with Crippen LogP contribution in [0.4, 0.5) is 0 Å². The van der Waals surface area contributed by atoms with Gasteiger partial charge in [0.25, 0.3) is 0 Å². The Balaban J connectivity index is 1.86. The van der Waals surface area contributed by atoms with Gasteiger partial charge in [-0.2, -0.15) is 0 Å². The summed E-state index contributed by atoms with van der Waals surface area (Å²) < 4.78 is 41.2. The molecule has 1 fully saturated rings. The van der Waals surface area contributed by atoms with Crippen LogP contribution in [0.2, 0.25) is 0 Å². The van der Waals surface area contributed by atoms with Crippen molar-refractivity contribution in [2.24, 2.45) is 13.0 Å². The number of sulfone groups is 1. The first-order chi connectivity index (χ1) is 16.6. The molecule has 0 N–H and O–H groups in total. The van der Waals surface area contributed by atoms with Crippen molar-refractivity contribution in [2.45, 2.75) is 51.2 Å². The number of hydrogen-bond acceptors (Lipinski definition) is 8. The summed E-state index contributed by atoms with van der Waals surface area (Å²) >= 11 is 0. The monoisotopic (exact) mass is 498 g/mol. The fourth-order valence-corrected chi connectivity index (χ4v) is 5.67. The minimum absolute atomic E-state index is 0.133. The smallest absolute Gasteiger partial charge is 0.225 e. The Labute approximate surface area is 204 Å². The van der Waals surface area contributed by atoms with Crippen molar-refractivity contribution in [1.82, 2.24) is 29.5 Å². The van der Waals surface area contributed by atoms with E-state index in [0.29, 0.717) is 48.0 Å². The van der Waals surface area contributed by atoms with Gasteiger partial charge < -0.3 is 14.0 Å². The third-order valence-corrected chi connectivity index (χ3v) is 7.54. The number of ether oxygens (including phenoxy) is 2. The van der Waals surface area contributed by atoms with Crippen molar-refractivity contribution in [1.29, 1.82) is 0 Å². The largest absolute Gasteiger partial charge is 0.474 e. The third kappa shape index (κ3) is 4.27. The third-order valence-electron chi connectivity index (χ3n) is 6.45. The molecule has 4 aromatic heterocycles. The molecule has 4 aromatic rings. The van der Waals surface area contributed by atoms with E-state index in [0.717, 1.165) is 35.3 Å². The van der Waals surface area contributed by atoms with E-state index in [-0.39, 0.29) is 11.0 Å². The van der Waals surface area contributed by atoms with Crippen molar-refractivity contribution < 1.29 is 17.9 Å². The molecule has 5 heterocycles. The highest BCUT2D eigenvalue weighted by Gasteiger charge is 2.27. The molecule has 0 radical (unpaired) electrons. The average Bonchev–Trinajstić information content (AvgIpc) is 3.30. The quantitative estimate of drug-likeness (QED) is 0.398. The zero-order valence-corrected chi connectivity index (χ0v) is 21.5. The lowest BCUT2D eigenvalue weighted by atomic mass is 10.0. The Bertz CT molecular complexity index is 1500. The van der Waals surface area contributed by atoms with Crippen LogP contribution < -0.4 is 4.74 Å². The van der Waals surface area contributed by atoms with Gasteiger partial charge in [0.1, 0.15) is 10.4 Å². The highest BCUT2D eigenvalue weighted by molar-refractivity contribution is 7.91. The molecule has 186 valence electrons. The van der Waals surface area contributed by atoms with Crippen molar-refractivity contribution in [2.75, 3.05) is 19.5 Å². The van der Waals surface area contributed by atoms with E-state index in [1.54, 1.807) is 10.9 Å². The molecule has 0 atom stereocenters. The lowest BCUT2D eigenvalue weighted by Gasteiger charge is -2.23. The zero-order chi connectivity index (χ0) is 24.9. The van der Waals surface area contributed by atoms with Crippen LogP contribution in [0.25, 0.3) is 33.2 Å². The number of pyridine rings is 2. The number of aromatic nitrogens is 6. The van der Waals surface area contributed by atoms with Gasteiger partial charge in [0, 0.05) is 44.8 Å². The second kappa shape index (κ2) is 8.87. The Morgan fingerprint density at radius 2 is 1.94 bits per heavy atom. The van der Waals surface area contributed by atoms with Crippen molar-refractivity contribution in [3.63, 3.8) is 0 Å². The van der Waals surface area contributed by atoms with Crippen molar-refractivity contribution >= 4 is 31.8 Å². The summed E-state index contributed by atoms with van der Waals surface area (Å²) in [6.07, 6.45) is 6.09. The minimum atomic E-state index is -3.57. The summed E-state index contributed by atoms with van der Waals surface area (Å²) in [5.74, 6) is 0.734. The second-order valence-electron chi connectivity index (χ2n) is 9.50. The molecule has 35 heavy (non-hydrogen) atoms. The highest BCUT2D eigenvalue weighted by Crippen LogP contribution is 2.39. The molecule has 0 aliphatic carbocycles. The van der Waals surface area contributed by atoms with Crippen LogP contribution >= 0.6 is 0 Å². The summed E-state index contributed by atoms with van der Waals surface area (Å²) in [5, 5.41) is 8.93. The first-order valence-electron chi connectivity index (χ1n) is 11.8. The fourth-order valence-electron chi connectivity index (χ4n) is 4.87. The molecule has 0 spiro atoms. The number of hydrogen-bond donors (Lipinski definition) is 0. The summed E-state index contributed by atoms with van der Waals surface area (Å²) in [6.45, 7) is 7.79. The molecule has 1 aliphatic heterocycles. The number of rotatable bonds is 6. The van der Waals surface area contributed by atoms with Gasteiger partial charge in [0.05, 0.1) is 40.1 Å². The predicted molar refractivity (Wildman–Crippen MR) is 132 cm³/mol. The fraction of sp³-hybridized carbons (Fsp3) is 0.500. The Morgan fingerprint density at radius 1 is 1.20 bits per heavy atom. The highest BCUT2D eigenvalue weighted by atomic mass is 32.2. The van der Waals surface area contributed by atoms with E-state index in [2.05, 4.69) is 19.9 Å². The molecule has 0 unspecified atom stereocenters. The molecular formula is C24H30N6O4S. The molecule has 0 saturated carbocycles. The van der Waals surface area contributed by atoms with E-state index in [4.69, 9.17) is 14.5 Å². The van der Waals surface area contributed by atoms with Crippen LogP contribution in [-0.2, 0) is 28.2 Å². The zero-order valence-electron chi connectivity index (χ0n) is 20.6. The maximum absolute atomic E-state index is 12.9. The van der Waals surface area contributed by atoms with E-state index < -0.39 is 9.84 Å². The van der Waals surface area contributed by atoms with E-state index >= 15 is 0 Å². The number of nitrogens with zero attached hydrogens (tertiary/aromatic N) is 6. The molecule has 1 aliphatic rings. The van der Waals surface area contributed by atoms with Gasteiger partial charge in [-0.3, -0.25) is 4.98 Å². The maximum atomic E-state index is 12.9. The van der Waals surface area contributed by atoms with Crippen LogP contribution in [0.5, 0.6) is 5.88 Å². The lowest BCUT2D eigenvalue weighted by molar-refractivity contribution is 0.0619. The van der Waals surface area contributed by atoms with Crippen LogP contribution in [-0.4, -0.2) is 63.5 Å². The molecule has 5 rings (SSSR count). The molecular weight excluding hydrogens is 468 g/mol. The van der Waals surface area contributed by atoms with Gasteiger partial charge in [0.2, 0.25) is 5.88 Å². The van der Waals surface area contributed by atoms with Crippen LogP contribution in [0.15, 0.2) is 23.4 Å². The predicted octanol–water partition coefficient (Wildman–Crippen LogP) is 3.31. The second-order valence-corrected chi connectivity index (χ2v) is 11.5. The standard InChI is InChI=1S/C24H30N6O4S/c1-14(2)34-24-20-21-18(10-17(11-25-21)22-15(3)27-28-29(22)4)30(13-16-6-8-33-9-7-16)23(20)19(12-26-24)35(5,31)32/h10-12,14,16H,6-9,13H2,1-5H3. The minimum Gasteiger partial charge on any atom is -0.474 e. The lowest BCUT2D eigenvalue weighted by Crippen LogP contribution is -2.20. The molecule has 11 heteroatoms. The van der Waals surface area contributed by atoms with Crippen LogP contribution in [0.1, 0.15) is 32.4 Å². The Morgan fingerprint density at radius 3 is 2.57 bits per heavy atom. The number of fused-ring (bicyclic) bond motifs is 3. The Kier molecular flexibility index (Phi) is 6.00. The van der Waals surface area contributed by atoms with Gasteiger partial charge in [-0.05, 0) is 45.6 Å². The van der Waals surface area contributed by atoms with E-state index in [9.17, 15) is 8.42 Å². The van der Waals surface area contributed by atoms with Gasteiger partial charge in [-0.1, -0.05) is 5.21 Å². The van der Waals surface area contributed by atoms with Gasteiger partial charge in [0.15, 0.2) is 9.84 Å². The normalized spacial score (nSPS) is 15.5. The molecule has 10 nitrogen and oxygen atoms in total. The molecule has 0 aromatic carbocycles. The maximum Gasteiger partial charge on any atom is 0.225 e. The summed E-state index contributed by atoms with van der Waals surface area (Å²) in [7, 11) is -1.72. The SMILES string of the molecule is Cc1nnn(C)c1-c1cnc2c3c(OC(C)C)ncc(S(C)(=O)=O)c3n(CC3CCOCC3)c2c1. The van der Waals surface area contributed by atoms with Crippen LogP contribution in [0, 0.1) is 12.8 Å². The first kappa shape index (κ1) is 23.7. The first-order valence-corrected chi connectivity index (χ1v) is 13.7. The van der Waals surface area contributed by atoms with E-state index in [1.165, 1.54) is 12.5 Å². The summed E-state index contributed by atoms with van der Waals surface area (Å²) in [6, 6.07) is 2.04. The average molecular weight is 499 g/mol. The number of aryl methyl sites for hydroxylation is 2. The topological polar surface area (TPSA) is 114 Å². The summed E-state index contributed by atoms with van der Waals surface area (Å²) in [5.41, 5.74) is 4.60. The van der Waals surface area contributed by atoms with Gasteiger partial charge in [-0.25, -0.2) is 18.1 Å². The molecule has 0 bridgehead atoms. The van der Waals surface area contributed by atoms with Gasteiger partial charge >= 0.3 is 0 Å². The van der Waals surface area contributed by atoms with E-state index in [1.807, 2.05) is 33.9 Å². The molecule has 0 amide bonds.